The molecule has 0 aromatic carbocycles. The Morgan fingerprint density at radius 3 is 2.79 bits per heavy atom. The maximum atomic E-state index is 10.1. The number of aliphatic hydroxyl groups is 1. The van der Waals surface area contributed by atoms with Gasteiger partial charge in [0.2, 0.25) is 0 Å². The predicted molar refractivity (Wildman–Crippen MR) is 127 cm³/mol. The van der Waals surface area contributed by atoms with Crippen LogP contribution in [0.15, 0.2) is 55.0 Å². The summed E-state index contributed by atoms with van der Waals surface area (Å²) >= 11 is 0. The maximum absolute atomic E-state index is 10.1. The second-order valence-electron chi connectivity index (χ2n) is 8.71. The molecule has 0 atom stereocenters. The molecule has 0 unspecified atom stereocenters. The maximum Gasteiger partial charge on any atom is 0.163 e. The Morgan fingerprint density at radius 1 is 1.12 bits per heavy atom. The van der Waals surface area contributed by atoms with Crippen LogP contribution in [0.5, 0.6) is 5.75 Å². The van der Waals surface area contributed by atoms with Gasteiger partial charge in [0.1, 0.15) is 12.4 Å². The van der Waals surface area contributed by atoms with Crippen LogP contribution in [0, 0.1) is 6.92 Å². The Morgan fingerprint density at radius 2 is 1.97 bits per heavy atom. The van der Waals surface area contributed by atoms with Crippen LogP contribution in [0.25, 0.3) is 27.7 Å². The molecule has 5 aromatic heterocycles. The highest BCUT2D eigenvalue weighted by molar-refractivity contribution is 5.89. The number of hydrogen-bond donors (Lipinski definition) is 2. The number of ether oxygens (including phenoxy) is 1. The molecule has 9 nitrogen and oxygen atoms in total. The zero-order valence-corrected chi connectivity index (χ0v) is 18.9. The van der Waals surface area contributed by atoms with Crippen LogP contribution in [0.3, 0.4) is 0 Å². The minimum absolute atomic E-state index is 0.167. The zero-order valence-electron chi connectivity index (χ0n) is 18.9. The average molecular weight is 444 g/mol. The highest BCUT2D eigenvalue weighted by Gasteiger charge is 2.17. The summed E-state index contributed by atoms with van der Waals surface area (Å²) in [6.07, 6.45) is 5.36. The molecule has 0 aliphatic rings. The van der Waals surface area contributed by atoms with Crippen LogP contribution in [-0.4, -0.2) is 46.7 Å². The molecule has 0 saturated carbocycles. The first kappa shape index (κ1) is 20.9. The van der Waals surface area contributed by atoms with Crippen molar-refractivity contribution < 1.29 is 9.84 Å². The molecule has 0 bridgehead atoms. The summed E-state index contributed by atoms with van der Waals surface area (Å²) in [4.78, 5) is 8.74. The molecule has 0 saturated heterocycles. The van der Waals surface area contributed by atoms with E-state index < -0.39 is 5.60 Å². The van der Waals surface area contributed by atoms with E-state index in [1.807, 2.05) is 56.6 Å². The van der Waals surface area contributed by atoms with E-state index in [1.165, 1.54) is 0 Å². The quantitative estimate of drug-likeness (QED) is 0.411. The van der Waals surface area contributed by atoms with Gasteiger partial charge in [-0.2, -0.15) is 10.2 Å². The van der Waals surface area contributed by atoms with Crippen molar-refractivity contribution in [2.45, 2.75) is 26.4 Å². The molecule has 0 spiro atoms. The third kappa shape index (κ3) is 4.22. The summed E-state index contributed by atoms with van der Waals surface area (Å²) in [5, 5.41) is 23.4. The molecule has 5 heterocycles. The predicted octanol–water partition coefficient (Wildman–Crippen LogP) is 3.88. The molecular weight excluding hydrogens is 418 g/mol. The summed E-state index contributed by atoms with van der Waals surface area (Å²) in [5.41, 5.74) is 3.54. The van der Waals surface area contributed by atoms with Gasteiger partial charge in [-0.15, -0.1) is 0 Å². The van der Waals surface area contributed by atoms with Crippen molar-refractivity contribution in [1.82, 2.24) is 29.4 Å². The summed E-state index contributed by atoms with van der Waals surface area (Å²) in [6.45, 7) is 5.53. The Kier molecular flexibility index (Phi) is 4.98. The molecule has 168 valence electrons. The average Bonchev–Trinajstić information content (AvgIpc) is 3.32. The lowest BCUT2D eigenvalue weighted by molar-refractivity contribution is 0.0286. The van der Waals surface area contributed by atoms with Gasteiger partial charge in [-0.05, 0) is 56.7 Å². The first-order chi connectivity index (χ1) is 15.8. The SMILES string of the molecule is Cc1cc(-c2ccn3nc(Nc4nn(C)c5ncccc45)cc3c2)c(OCC(C)(C)O)cn1. The second kappa shape index (κ2) is 7.86. The number of anilines is 2. The van der Waals surface area contributed by atoms with Crippen molar-refractivity contribution >= 4 is 28.2 Å². The van der Waals surface area contributed by atoms with Gasteiger partial charge in [-0.1, -0.05) is 0 Å². The number of aromatic nitrogens is 6. The van der Waals surface area contributed by atoms with Gasteiger partial charge in [-0.3, -0.25) is 4.98 Å². The van der Waals surface area contributed by atoms with Gasteiger partial charge < -0.3 is 15.2 Å². The highest BCUT2D eigenvalue weighted by atomic mass is 16.5. The van der Waals surface area contributed by atoms with E-state index in [-0.39, 0.29) is 6.61 Å². The molecule has 0 amide bonds. The van der Waals surface area contributed by atoms with Crippen molar-refractivity contribution in [3.63, 3.8) is 0 Å². The molecule has 0 fully saturated rings. The Labute approximate surface area is 190 Å². The number of fused-ring (bicyclic) bond motifs is 2. The summed E-state index contributed by atoms with van der Waals surface area (Å²) < 4.78 is 9.44. The normalized spacial score (nSPS) is 11.9. The molecule has 9 heteroatoms. The van der Waals surface area contributed by atoms with Crippen molar-refractivity contribution in [3.8, 4) is 16.9 Å². The van der Waals surface area contributed by atoms with Gasteiger partial charge in [0, 0.05) is 36.8 Å². The van der Waals surface area contributed by atoms with E-state index in [0.29, 0.717) is 17.4 Å². The summed E-state index contributed by atoms with van der Waals surface area (Å²) in [5.74, 6) is 2.01. The lowest BCUT2D eigenvalue weighted by Crippen LogP contribution is -2.28. The number of aryl methyl sites for hydroxylation is 2. The van der Waals surface area contributed by atoms with Crippen molar-refractivity contribution in [2.24, 2.45) is 7.05 Å². The molecule has 0 aliphatic carbocycles. The summed E-state index contributed by atoms with van der Waals surface area (Å²) in [7, 11) is 1.87. The Balaban J connectivity index is 1.48. The Bertz CT molecular complexity index is 1460. The standard InChI is InChI=1S/C24H25N7O2/c1-15-10-19(20(13-26-15)33-14-24(2,3)32)16-7-9-31-17(11-16)12-21(28-31)27-22-18-6-5-8-25-23(18)30(4)29-22/h5-13,32H,14H2,1-4H3,(H,27,28,29). The fraction of sp³-hybridized carbons (Fsp3) is 0.250. The van der Waals surface area contributed by atoms with Crippen LogP contribution in [0.4, 0.5) is 11.6 Å². The zero-order chi connectivity index (χ0) is 23.2. The molecule has 5 aromatic rings. The van der Waals surface area contributed by atoms with Crippen LogP contribution in [0.1, 0.15) is 19.5 Å². The summed E-state index contributed by atoms with van der Waals surface area (Å²) in [6, 6.07) is 11.8. The van der Waals surface area contributed by atoms with Crippen LogP contribution in [0.2, 0.25) is 0 Å². The molecule has 2 N–H and O–H groups in total. The van der Waals surface area contributed by atoms with Crippen molar-refractivity contribution in [1.29, 1.82) is 0 Å². The third-order valence-electron chi connectivity index (χ3n) is 5.20. The van der Waals surface area contributed by atoms with E-state index in [0.717, 1.165) is 33.4 Å². The van der Waals surface area contributed by atoms with Crippen molar-refractivity contribution in [3.05, 3.63) is 60.7 Å². The topological polar surface area (TPSA) is 102 Å². The van der Waals surface area contributed by atoms with E-state index in [9.17, 15) is 5.11 Å². The number of rotatable bonds is 6. The highest BCUT2D eigenvalue weighted by Crippen LogP contribution is 2.32. The molecule has 0 radical (unpaired) electrons. The Hall–Kier alpha value is -3.98. The fourth-order valence-electron chi connectivity index (χ4n) is 3.67. The van der Waals surface area contributed by atoms with Crippen LogP contribution in [-0.2, 0) is 7.05 Å². The second-order valence-corrected chi connectivity index (χ2v) is 8.71. The largest absolute Gasteiger partial charge is 0.488 e. The van der Waals surface area contributed by atoms with Gasteiger partial charge in [0.15, 0.2) is 17.3 Å². The lowest BCUT2D eigenvalue weighted by Gasteiger charge is -2.19. The van der Waals surface area contributed by atoms with Gasteiger partial charge in [-0.25, -0.2) is 14.2 Å². The van der Waals surface area contributed by atoms with E-state index in [2.05, 4.69) is 25.5 Å². The molecule has 5 rings (SSSR count). The number of nitrogens with one attached hydrogen (secondary N) is 1. The fourth-order valence-corrected chi connectivity index (χ4v) is 3.67. The van der Waals surface area contributed by atoms with Gasteiger partial charge in [0.05, 0.1) is 22.7 Å². The van der Waals surface area contributed by atoms with Crippen LogP contribution >= 0.6 is 0 Å². The van der Waals surface area contributed by atoms with E-state index in [4.69, 9.17) is 4.74 Å². The lowest BCUT2D eigenvalue weighted by atomic mass is 10.1. The van der Waals surface area contributed by atoms with E-state index in [1.54, 1.807) is 35.4 Å². The van der Waals surface area contributed by atoms with Crippen molar-refractivity contribution in [2.75, 3.05) is 11.9 Å². The monoisotopic (exact) mass is 443 g/mol. The molecular formula is C24H25N7O2. The number of hydrogen-bond acceptors (Lipinski definition) is 7. The van der Waals surface area contributed by atoms with Gasteiger partial charge in [0.25, 0.3) is 0 Å². The minimum Gasteiger partial charge on any atom is -0.488 e. The third-order valence-corrected chi connectivity index (χ3v) is 5.20. The number of nitrogens with zero attached hydrogens (tertiary/aromatic N) is 6. The van der Waals surface area contributed by atoms with E-state index >= 15 is 0 Å². The first-order valence-electron chi connectivity index (χ1n) is 10.6. The van der Waals surface area contributed by atoms with Crippen LogP contribution < -0.4 is 10.1 Å². The molecule has 33 heavy (non-hydrogen) atoms. The first-order valence-corrected chi connectivity index (χ1v) is 10.6. The minimum atomic E-state index is -0.941. The van der Waals surface area contributed by atoms with Gasteiger partial charge >= 0.3 is 0 Å². The molecule has 0 aliphatic heterocycles. The smallest absolute Gasteiger partial charge is 0.163 e. The number of pyridine rings is 3.